The van der Waals surface area contributed by atoms with E-state index in [1.165, 1.54) is 0 Å². The van der Waals surface area contributed by atoms with Crippen LogP contribution in [0.15, 0.2) is 79.1 Å². The predicted octanol–water partition coefficient (Wildman–Crippen LogP) is 4.18. The number of methoxy groups -OCH3 is 1. The number of aryl methyl sites for hydroxylation is 1. The summed E-state index contributed by atoms with van der Waals surface area (Å²) in [5, 5.41) is 7.67. The van der Waals surface area contributed by atoms with Crippen molar-refractivity contribution in [3.8, 4) is 22.8 Å². The van der Waals surface area contributed by atoms with Gasteiger partial charge in [-0.1, -0.05) is 54.1 Å². The van der Waals surface area contributed by atoms with Crippen LogP contribution < -0.4 is 10.1 Å². The molecule has 0 saturated carbocycles. The number of hydrogen-bond acceptors (Lipinski definition) is 4. The van der Waals surface area contributed by atoms with Gasteiger partial charge in [0.1, 0.15) is 5.69 Å². The first kappa shape index (κ1) is 19.4. The molecule has 0 unspecified atom stereocenters. The molecule has 0 atom stereocenters. The predicted molar refractivity (Wildman–Crippen MR) is 116 cm³/mol. The summed E-state index contributed by atoms with van der Waals surface area (Å²) in [4.78, 5) is 17.3. The first-order valence-electron chi connectivity index (χ1n) is 9.64. The maximum Gasteiger partial charge on any atom is 0.255 e. The highest BCUT2D eigenvalue weighted by Crippen LogP contribution is 2.24. The van der Waals surface area contributed by atoms with Crippen LogP contribution in [0.4, 0.5) is 0 Å². The molecule has 0 saturated heterocycles. The zero-order valence-electron chi connectivity index (χ0n) is 16.9. The molecule has 2 aromatic heterocycles. The molecule has 0 aliphatic rings. The lowest BCUT2D eigenvalue weighted by molar-refractivity contribution is 0.0951. The summed E-state index contributed by atoms with van der Waals surface area (Å²) in [7, 11) is 1.56. The molecular weight excluding hydrogens is 376 g/mol. The monoisotopic (exact) mass is 398 g/mol. The van der Waals surface area contributed by atoms with E-state index in [9.17, 15) is 4.79 Å². The van der Waals surface area contributed by atoms with Gasteiger partial charge in [0.25, 0.3) is 5.91 Å². The molecule has 0 aliphatic heterocycles. The fourth-order valence-electron chi connectivity index (χ4n) is 3.19. The van der Waals surface area contributed by atoms with Crippen LogP contribution in [0.1, 0.15) is 21.5 Å². The van der Waals surface area contributed by atoms with Crippen molar-refractivity contribution in [2.45, 2.75) is 13.5 Å². The third-order valence-electron chi connectivity index (χ3n) is 4.79. The lowest BCUT2D eigenvalue weighted by atomic mass is 10.1. The standard InChI is InChI=1S/C24H22N4O2/c1-17-10-12-20(13-11-17)28-16-21(22(27-28)18-7-4-3-5-8-18)23(29)26-15-19-9-6-14-25-24(19)30-2/h3-14,16H,15H2,1-2H3,(H,26,29). The molecule has 1 N–H and O–H groups in total. The zero-order chi connectivity index (χ0) is 20.9. The van der Waals surface area contributed by atoms with Crippen molar-refractivity contribution in [3.05, 3.63) is 95.8 Å². The van der Waals surface area contributed by atoms with Crippen molar-refractivity contribution < 1.29 is 9.53 Å². The minimum atomic E-state index is -0.210. The first-order chi connectivity index (χ1) is 14.7. The molecule has 30 heavy (non-hydrogen) atoms. The maximum atomic E-state index is 13.1. The molecule has 0 aliphatic carbocycles. The largest absolute Gasteiger partial charge is 0.481 e. The second kappa shape index (κ2) is 8.61. The van der Waals surface area contributed by atoms with E-state index in [1.807, 2.05) is 73.7 Å². The Bertz CT molecular complexity index is 1150. The van der Waals surface area contributed by atoms with E-state index in [2.05, 4.69) is 10.3 Å². The summed E-state index contributed by atoms with van der Waals surface area (Å²) in [5.41, 5.74) is 4.88. The van der Waals surface area contributed by atoms with Crippen LogP contribution in [-0.2, 0) is 6.54 Å². The van der Waals surface area contributed by atoms with Gasteiger partial charge in [-0.2, -0.15) is 5.10 Å². The average molecular weight is 398 g/mol. The second-order valence-corrected chi connectivity index (χ2v) is 6.89. The van der Waals surface area contributed by atoms with Gasteiger partial charge in [0.2, 0.25) is 5.88 Å². The summed E-state index contributed by atoms with van der Waals surface area (Å²) in [6, 6.07) is 21.4. The number of aromatic nitrogens is 3. The van der Waals surface area contributed by atoms with E-state index >= 15 is 0 Å². The number of nitrogens with one attached hydrogen (secondary N) is 1. The van der Waals surface area contributed by atoms with Crippen molar-refractivity contribution >= 4 is 5.91 Å². The molecule has 2 aromatic carbocycles. The highest BCUT2D eigenvalue weighted by atomic mass is 16.5. The van der Waals surface area contributed by atoms with Gasteiger partial charge in [-0.05, 0) is 25.1 Å². The Hall–Kier alpha value is -3.93. The molecule has 1 amide bonds. The van der Waals surface area contributed by atoms with Crippen molar-refractivity contribution in [1.82, 2.24) is 20.1 Å². The molecule has 0 radical (unpaired) electrons. The zero-order valence-corrected chi connectivity index (χ0v) is 16.9. The van der Waals surface area contributed by atoms with Crippen molar-refractivity contribution in [2.75, 3.05) is 7.11 Å². The summed E-state index contributed by atoms with van der Waals surface area (Å²) >= 11 is 0. The molecular formula is C24H22N4O2. The Morgan fingerprint density at radius 3 is 2.53 bits per heavy atom. The van der Waals surface area contributed by atoms with Gasteiger partial charge in [-0.15, -0.1) is 0 Å². The highest BCUT2D eigenvalue weighted by molar-refractivity contribution is 5.99. The molecule has 0 fully saturated rings. The van der Waals surface area contributed by atoms with Crippen LogP contribution >= 0.6 is 0 Å². The van der Waals surface area contributed by atoms with Crippen LogP contribution in [0, 0.1) is 6.92 Å². The van der Waals surface area contributed by atoms with Crippen LogP contribution in [0.3, 0.4) is 0 Å². The number of carbonyl (C=O) groups excluding carboxylic acids is 1. The van der Waals surface area contributed by atoms with E-state index in [-0.39, 0.29) is 5.91 Å². The summed E-state index contributed by atoms with van der Waals surface area (Å²) < 4.78 is 7.01. The van der Waals surface area contributed by atoms with E-state index in [4.69, 9.17) is 9.84 Å². The number of amides is 1. The molecule has 4 rings (SSSR count). The summed E-state index contributed by atoms with van der Waals surface area (Å²) in [6.45, 7) is 2.34. The van der Waals surface area contributed by atoms with Crippen LogP contribution in [0.25, 0.3) is 16.9 Å². The van der Waals surface area contributed by atoms with Gasteiger partial charge >= 0.3 is 0 Å². The second-order valence-electron chi connectivity index (χ2n) is 6.89. The molecule has 6 heteroatoms. The SMILES string of the molecule is COc1ncccc1CNC(=O)c1cn(-c2ccc(C)cc2)nc1-c1ccccc1. The Balaban J connectivity index is 1.66. The van der Waals surface area contributed by atoms with Gasteiger partial charge in [-0.3, -0.25) is 4.79 Å². The van der Waals surface area contributed by atoms with E-state index in [1.54, 1.807) is 24.2 Å². The summed E-state index contributed by atoms with van der Waals surface area (Å²) in [6.07, 6.45) is 3.42. The summed E-state index contributed by atoms with van der Waals surface area (Å²) in [5.74, 6) is 0.287. The first-order valence-corrected chi connectivity index (χ1v) is 9.64. The van der Waals surface area contributed by atoms with Crippen molar-refractivity contribution in [2.24, 2.45) is 0 Å². The number of carbonyl (C=O) groups is 1. The Kier molecular flexibility index (Phi) is 5.57. The van der Waals surface area contributed by atoms with E-state index < -0.39 is 0 Å². The van der Waals surface area contributed by atoms with E-state index in [0.29, 0.717) is 23.7 Å². The van der Waals surface area contributed by atoms with Crippen molar-refractivity contribution in [3.63, 3.8) is 0 Å². The van der Waals surface area contributed by atoms with Gasteiger partial charge in [0.05, 0.1) is 18.4 Å². The quantitative estimate of drug-likeness (QED) is 0.529. The third-order valence-corrected chi connectivity index (χ3v) is 4.79. The fourth-order valence-corrected chi connectivity index (χ4v) is 3.19. The van der Waals surface area contributed by atoms with Crippen molar-refractivity contribution in [1.29, 1.82) is 0 Å². The number of nitrogens with zero attached hydrogens (tertiary/aromatic N) is 3. The Morgan fingerprint density at radius 2 is 1.80 bits per heavy atom. The van der Waals surface area contributed by atoms with Gasteiger partial charge in [-0.25, -0.2) is 9.67 Å². The normalized spacial score (nSPS) is 10.6. The van der Waals surface area contributed by atoms with Crippen LogP contribution in [0.5, 0.6) is 5.88 Å². The number of ether oxygens (including phenoxy) is 1. The molecule has 150 valence electrons. The number of benzene rings is 2. The fraction of sp³-hybridized carbons (Fsp3) is 0.125. The maximum absolute atomic E-state index is 13.1. The molecule has 0 bridgehead atoms. The van der Waals surface area contributed by atoms with Gasteiger partial charge < -0.3 is 10.1 Å². The van der Waals surface area contributed by atoms with Gasteiger partial charge in [0.15, 0.2) is 0 Å². The Labute approximate surface area is 175 Å². The molecule has 4 aromatic rings. The lowest BCUT2D eigenvalue weighted by Gasteiger charge is -2.08. The number of pyridine rings is 1. The van der Waals surface area contributed by atoms with E-state index in [0.717, 1.165) is 22.4 Å². The Morgan fingerprint density at radius 1 is 1.03 bits per heavy atom. The minimum absolute atomic E-state index is 0.210. The van der Waals surface area contributed by atoms with Crippen LogP contribution in [-0.4, -0.2) is 27.8 Å². The smallest absolute Gasteiger partial charge is 0.255 e. The molecule has 0 spiro atoms. The van der Waals surface area contributed by atoms with Gasteiger partial charge in [0, 0.05) is 30.1 Å². The third kappa shape index (κ3) is 4.07. The molecule has 6 nitrogen and oxygen atoms in total. The topological polar surface area (TPSA) is 69.0 Å². The number of hydrogen-bond donors (Lipinski definition) is 1. The minimum Gasteiger partial charge on any atom is -0.481 e. The molecule has 2 heterocycles. The number of rotatable bonds is 6. The van der Waals surface area contributed by atoms with Crippen LogP contribution in [0.2, 0.25) is 0 Å². The average Bonchev–Trinajstić information content (AvgIpc) is 3.24. The highest BCUT2D eigenvalue weighted by Gasteiger charge is 2.19. The lowest BCUT2D eigenvalue weighted by Crippen LogP contribution is -2.23.